The smallest absolute Gasteiger partial charge is 0.237 e. The zero-order valence-electron chi connectivity index (χ0n) is 12.4. The molecular weight excluding hydrogens is 307 g/mol. The number of benzene rings is 1. The molecule has 3 nitrogen and oxygen atoms in total. The van der Waals surface area contributed by atoms with Crippen LogP contribution >= 0.6 is 23.2 Å². The van der Waals surface area contributed by atoms with Gasteiger partial charge in [-0.2, -0.15) is 0 Å². The highest BCUT2D eigenvalue weighted by Gasteiger charge is 2.24. The maximum atomic E-state index is 12.3. The van der Waals surface area contributed by atoms with Crippen molar-refractivity contribution in [3.8, 4) is 0 Å². The Hall–Kier alpha value is -0.770. The lowest BCUT2D eigenvalue weighted by Crippen LogP contribution is -2.45. The Kier molecular flexibility index (Phi) is 6.34. The lowest BCUT2D eigenvalue weighted by atomic mass is 10.1. The Labute approximate surface area is 136 Å². The molecule has 0 bridgehead atoms. The standard InChI is InChI=1S/C16H22Cl2N2O/c1-20-11-4-2-3-8-14(20)16(21)19-10-9-12-6-5-7-13(17)15(12)18/h5-7,14H,2-4,8-11H2,1H3,(H,19,21)/t14-/m0/s1. The van der Waals surface area contributed by atoms with E-state index >= 15 is 0 Å². The minimum absolute atomic E-state index is 0.00216. The van der Waals surface area contributed by atoms with E-state index in [-0.39, 0.29) is 11.9 Å². The summed E-state index contributed by atoms with van der Waals surface area (Å²) in [7, 11) is 2.03. The summed E-state index contributed by atoms with van der Waals surface area (Å²) in [6.07, 6.45) is 5.16. The number of nitrogens with zero attached hydrogens (tertiary/aromatic N) is 1. The third kappa shape index (κ3) is 4.60. The first-order chi connectivity index (χ1) is 10.1. The van der Waals surface area contributed by atoms with Gasteiger partial charge in [0.2, 0.25) is 5.91 Å². The van der Waals surface area contributed by atoms with E-state index in [0.717, 1.165) is 24.9 Å². The third-order valence-corrected chi connectivity index (χ3v) is 4.91. The minimum atomic E-state index is 0.00216. The van der Waals surface area contributed by atoms with Crippen LogP contribution in [0.1, 0.15) is 31.2 Å². The van der Waals surface area contributed by atoms with Crippen LogP contribution in [0.3, 0.4) is 0 Å². The molecule has 1 N–H and O–H groups in total. The molecule has 21 heavy (non-hydrogen) atoms. The quantitative estimate of drug-likeness (QED) is 0.917. The van der Waals surface area contributed by atoms with Gasteiger partial charge in [-0.3, -0.25) is 9.69 Å². The highest BCUT2D eigenvalue weighted by Crippen LogP contribution is 2.25. The highest BCUT2D eigenvalue weighted by atomic mass is 35.5. The van der Waals surface area contributed by atoms with Crippen LogP contribution in [0.15, 0.2) is 18.2 Å². The molecule has 0 radical (unpaired) electrons. The van der Waals surface area contributed by atoms with Gasteiger partial charge in [-0.15, -0.1) is 0 Å². The Morgan fingerprint density at radius 3 is 2.95 bits per heavy atom. The van der Waals surface area contributed by atoms with E-state index in [1.165, 1.54) is 12.8 Å². The summed E-state index contributed by atoms with van der Waals surface area (Å²) in [5.41, 5.74) is 0.971. The summed E-state index contributed by atoms with van der Waals surface area (Å²) in [4.78, 5) is 14.5. The topological polar surface area (TPSA) is 32.3 Å². The lowest BCUT2D eigenvalue weighted by molar-refractivity contribution is -0.126. The van der Waals surface area contributed by atoms with Gasteiger partial charge in [-0.05, 0) is 44.5 Å². The van der Waals surface area contributed by atoms with Gasteiger partial charge in [-0.1, -0.05) is 48.2 Å². The fourth-order valence-electron chi connectivity index (χ4n) is 2.76. The first-order valence-corrected chi connectivity index (χ1v) is 8.26. The van der Waals surface area contributed by atoms with Crippen LogP contribution in [-0.4, -0.2) is 37.0 Å². The fraction of sp³-hybridized carbons (Fsp3) is 0.562. The fourth-order valence-corrected chi connectivity index (χ4v) is 3.18. The van der Waals surface area contributed by atoms with Crippen molar-refractivity contribution in [1.82, 2.24) is 10.2 Å². The maximum absolute atomic E-state index is 12.3. The molecule has 0 aliphatic carbocycles. The Bertz CT molecular complexity index is 493. The molecule has 1 heterocycles. The van der Waals surface area contributed by atoms with Crippen molar-refractivity contribution in [3.63, 3.8) is 0 Å². The molecule has 5 heteroatoms. The summed E-state index contributed by atoms with van der Waals surface area (Å²) in [5.74, 6) is 0.123. The molecule has 0 spiro atoms. The zero-order chi connectivity index (χ0) is 15.2. The number of amides is 1. The van der Waals surface area contributed by atoms with Crippen molar-refractivity contribution in [3.05, 3.63) is 33.8 Å². The van der Waals surface area contributed by atoms with Crippen molar-refractivity contribution >= 4 is 29.1 Å². The molecule has 116 valence electrons. The molecule has 1 aliphatic heterocycles. The first kappa shape index (κ1) is 16.6. The molecule has 1 atom stereocenters. The summed E-state index contributed by atoms with van der Waals surface area (Å²) in [5, 5.41) is 4.17. The van der Waals surface area contributed by atoms with Crippen LogP contribution in [0.25, 0.3) is 0 Å². The SMILES string of the molecule is CN1CCCCC[C@H]1C(=O)NCCc1cccc(Cl)c1Cl. The molecule has 1 fully saturated rings. The number of likely N-dealkylation sites (tertiary alicyclic amines) is 1. The number of halogens is 2. The molecular formula is C16H22Cl2N2O. The molecule has 1 aromatic carbocycles. The van der Waals surface area contributed by atoms with Crippen molar-refractivity contribution in [2.24, 2.45) is 0 Å². The Morgan fingerprint density at radius 2 is 2.14 bits per heavy atom. The number of carbonyl (C=O) groups is 1. The monoisotopic (exact) mass is 328 g/mol. The number of rotatable bonds is 4. The van der Waals surface area contributed by atoms with E-state index in [9.17, 15) is 4.79 Å². The number of carbonyl (C=O) groups excluding carboxylic acids is 1. The van der Waals surface area contributed by atoms with Gasteiger partial charge in [0.1, 0.15) is 0 Å². The van der Waals surface area contributed by atoms with Crippen LogP contribution in [0.4, 0.5) is 0 Å². The van der Waals surface area contributed by atoms with Gasteiger partial charge in [0.15, 0.2) is 0 Å². The average Bonchev–Trinajstić information content (AvgIpc) is 2.68. The van der Waals surface area contributed by atoms with Crippen molar-refractivity contribution < 1.29 is 4.79 Å². The summed E-state index contributed by atoms with van der Waals surface area (Å²) in [6, 6.07) is 5.59. The van der Waals surface area contributed by atoms with Crippen molar-refractivity contribution in [2.75, 3.05) is 20.1 Å². The summed E-state index contributed by atoms with van der Waals surface area (Å²) >= 11 is 12.1. The van der Waals surface area contributed by atoms with Crippen LogP contribution in [0, 0.1) is 0 Å². The van der Waals surface area contributed by atoms with E-state index in [1.807, 2.05) is 19.2 Å². The molecule has 2 rings (SSSR count). The predicted molar refractivity (Wildman–Crippen MR) is 88.1 cm³/mol. The van der Waals surface area contributed by atoms with Gasteiger partial charge < -0.3 is 5.32 Å². The second kappa shape index (κ2) is 8.02. The zero-order valence-corrected chi connectivity index (χ0v) is 13.9. The van der Waals surface area contributed by atoms with E-state index in [4.69, 9.17) is 23.2 Å². The second-order valence-electron chi connectivity index (χ2n) is 5.60. The van der Waals surface area contributed by atoms with Gasteiger partial charge in [-0.25, -0.2) is 0 Å². The van der Waals surface area contributed by atoms with E-state index in [2.05, 4.69) is 10.2 Å². The molecule has 1 aliphatic rings. The van der Waals surface area contributed by atoms with Gasteiger partial charge >= 0.3 is 0 Å². The van der Waals surface area contributed by atoms with Gasteiger partial charge in [0, 0.05) is 6.54 Å². The van der Waals surface area contributed by atoms with Crippen LogP contribution in [0.5, 0.6) is 0 Å². The number of hydrogen-bond acceptors (Lipinski definition) is 2. The molecule has 0 saturated carbocycles. The lowest BCUT2D eigenvalue weighted by Gasteiger charge is -2.24. The normalized spacial score (nSPS) is 20.0. The molecule has 0 aromatic heterocycles. The Balaban J connectivity index is 1.85. The van der Waals surface area contributed by atoms with E-state index < -0.39 is 0 Å². The first-order valence-electron chi connectivity index (χ1n) is 7.50. The average molecular weight is 329 g/mol. The molecule has 1 saturated heterocycles. The number of nitrogens with one attached hydrogen (secondary N) is 1. The predicted octanol–water partition coefficient (Wildman–Crippen LogP) is 3.53. The molecule has 0 unspecified atom stereocenters. The summed E-state index contributed by atoms with van der Waals surface area (Å²) in [6.45, 7) is 1.58. The highest BCUT2D eigenvalue weighted by molar-refractivity contribution is 6.42. The van der Waals surface area contributed by atoms with E-state index in [0.29, 0.717) is 23.0 Å². The number of likely N-dealkylation sites (N-methyl/N-ethyl adjacent to an activating group) is 1. The third-order valence-electron chi connectivity index (χ3n) is 4.05. The van der Waals surface area contributed by atoms with Crippen LogP contribution < -0.4 is 5.32 Å². The Morgan fingerprint density at radius 1 is 1.33 bits per heavy atom. The molecule has 1 aromatic rings. The van der Waals surface area contributed by atoms with Crippen molar-refractivity contribution in [1.29, 1.82) is 0 Å². The van der Waals surface area contributed by atoms with Gasteiger partial charge in [0.25, 0.3) is 0 Å². The van der Waals surface area contributed by atoms with Gasteiger partial charge in [0.05, 0.1) is 16.1 Å². The summed E-state index contributed by atoms with van der Waals surface area (Å²) < 4.78 is 0. The molecule has 1 amide bonds. The maximum Gasteiger partial charge on any atom is 0.237 e. The van der Waals surface area contributed by atoms with E-state index in [1.54, 1.807) is 6.07 Å². The van der Waals surface area contributed by atoms with Crippen LogP contribution in [-0.2, 0) is 11.2 Å². The minimum Gasteiger partial charge on any atom is -0.354 e. The number of hydrogen-bond donors (Lipinski definition) is 1. The van der Waals surface area contributed by atoms with Crippen molar-refractivity contribution in [2.45, 2.75) is 38.1 Å². The van der Waals surface area contributed by atoms with Crippen LogP contribution in [0.2, 0.25) is 10.0 Å². The second-order valence-corrected chi connectivity index (χ2v) is 6.38. The largest absolute Gasteiger partial charge is 0.354 e.